The summed E-state index contributed by atoms with van der Waals surface area (Å²) in [6.07, 6.45) is 2.32. The van der Waals surface area contributed by atoms with Gasteiger partial charge in [0.1, 0.15) is 0 Å². The van der Waals surface area contributed by atoms with Crippen molar-refractivity contribution >= 4 is 22.4 Å². The van der Waals surface area contributed by atoms with Crippen LogP contribution in [0, 0.1) is 10.1 Å². The first-order valence-corrected chi connectivity index (χ1v) is 6.51. The lowest BCUT2D eigenvalue weighted by molar-refractivity contribution is -0.383. The Hall–Kier alpha value is -2.22. The normalized spacial score (nSPS) is 18.6. The molecule has 0 spiro atoms. The van der Waals surface area contributed by atoms with Crippen LogP contribution in [0.3, 0.4) is 0 Å². The molecule has 1 N–H and O–H groups in total. The molecule has 106 valence electrons. The van der Waals surface area contributed by atoms with Crippen molar-refractivity contribution in [3.05, 3.63) is 22.2 Å². The summed E-state index contributed by atoms with van der Waals surface area (Å²) < 4.78 is 4.67. The minimum absolute atomic E-state index is 0.0857. The monoisotopic (exact) mass is 277 g/mol. The Labute approximate surface area is 114 Å². The van der Waals surface area contributed by atoms with Gasteiger partial charge in [-0.2, -0.15) is 0 Å². The molecule has 2 aromatic rings. The number of nitrogens with zero attached hydrogens (tertiary/aromatic N) is 4. The predicted molar refractivity (Wildman–Crippen MR) is 72.8 cm³/mol. The van der Waals surface area contributed by atoms with Gasteiger partial charge >= 0.3 is 5.69 Å². The number of hydrogen-bond acceptors (Lipinski definition) is 7. The van der Waals surface area contributed by atoms with E-state index in [1.54, 1.807) is 6.07 Å². The second kappa shape index (κ2) is 5.04. The fraction of sp³-hybridized carbons (Fsp3) is 0.500. The van der Waals surface area contributed by atoms with Crippen LogP contribution in [-0.2, 0) is 0 Å². The fourth-order valence-corrected chi connectivity index (χ4v) is 2.64. The summed E-state index contributed by atoms with van der Waals surface area (Å²) in [4.78, 5) is 12.5. The lowest BCUT2D eigenvalue weighted by Crippen LogP contribution is -2.35. The van der Waals surface area contributed by atoms with Crippen LogP contribution in [0.1, 0.15) is 12.8 Å². The molecule has 1 aliphatic heterocycles. The maximum Gasteiger partial charge on any atom is 0.300 e. The number of non-ortho nitro benzene ring substituents is 1. The highest BCUT2D eigenvalue weighted by Crippen LogP contribution is 2.30. The van der Waals surface area contributed by atoms with Gasteiger partial charge in [-0.05, 0) is 35.8 Å². The first-order valence-electron chi connectivity index (χ1n) is 6.51. The molecule has 1 saturated heterocycles. The second-order valence-corrected chi connectivity index (χ2v) is 5.00. The van der Waals surface area contributed by atoms with Gasteiger partial charge in [-0.1, -0.05) is 0 Å². The number of likely N-dealkylation sites (N-methyl/N-ethyl adjacent to an activating group) is 1. The van der Waals surface area contributed by atoms with E-state index in [-0.39, 0.29) is 11.2 Å². The average Bonchev–Trinajstić information content (AvgIpc) is 3.07. The van der Waals surface area contributed by atoms with Gasteiger partial charge in [0.2, 0.25) is 5.52 Å². The molecule has 1 aromatic carbocycles. The Kier molecular flexibility index (Phi) is 3.23. The maximum atomic E-state index is 10.9. The van der Waals surface area contributed by atoms with Crippen molar-refractivity contribution in [2.75, 3.05) is 25.0 Å². The first-order chi connectivity index (χ1) is 9.66. The summed E-state index contributed by atoms with van der Waals surface area (Å²) in [5.41, 5.74) is 1.33. The molecule has 3 rings (SSSR count). The topological polar surface area (TPSA) is 97.3 Å². The third-order valence-corrected chi connectivity index (χ3v) is 3.64. The zero-order valence-corrected chi connectivity index (χ0v) is 11.1. The Morgan fingerprint density at radius 2 is 2.30 bits per heavy atom. The van der Waals surface area contributed by atoms with Crippen LogP contribution in [0.5, 0.6) is 0 Å². The van der Waals surface area contributed by atoms with Crippen molar-refractivity contribution < 1.29 is 9.55 Å². The smallest absolute Gasteiger partial charge is 0.300 e. The van der Waals surface area contributed by atoms with Gasteiger partial charge in [0, 0.05) is 25.7 Å². The Morgan fingerprint density at radius 1 is 1.50 bits per heavy atom. The Bertz CT molecular complexity index is 635. The minimum Gasteiger partial charge on any atom is -0.371 e. The van der Waals surface area contributed by atoms with E-state index in [1.807, 2.05) is 11.9 Å². The molecule has 0 bridgehead atoms. The average molecular weight is 277 g/mol. The van der Waals surface area contributed by atoms with E-state index in [4.69, 9.17) is 0 Å². The molecule has 1 aromatic heterocycles. The molecule has 20 heavy (non-hydrogen) atoms. The largest absolute Gasteiger partial charge is 0.371 e. The fourth-order valence-electron chi connectivity index (χ4n) is 2.64. The third kappa shape index (κ3) is 2.18. The molecule has 0 radical (unpaired) electrons. The van der Waals surface area contributed by atoms with Gasteiger partial charge in [0.25, 0.3) is 0 Å². The van der Waals surface area contributed by atoms with Crippen molar-refractivity contribution in [2.24, 2.45) is 0 Å². The van der Waals surface area contributed by atoms with Crippen molar-refractivity contribution in [1.29, 1.82) is 0 Å². The SMILES string of the molecule is CN(CC1CCCN1)c1ccc([N+](=O)[O-])c2nonc12. The Balaban J connectivity index is 1.93. The highest BCUT2D eigenvalue weighted by molar-refractivity contribution is 5.93. The van der Waals surface area contributed by atoms with Crippen molar-refractivity contribution in [2.45, 2.75) is 18.9 Å². The van der Waals surface area contributed by atoms with Crippen LogP contribution in [0.25, 0.3) is 11.0 Å². The molecule has 1 fully saturated rings. The number of rotatable bonds is 4. The van der Waals surface area contributed by atoms with Crippen LogP contribution in [0.2, 0.25) is 0 Å². The summed E-state index contributed by atoms with van der Waals surface area (Å²) >= 11 is 0. The number of nitro groups is 1. The molecule has 0 saturated carbocycles. The number of nitro benzene ring substituents is 1. The molecular formula is C12H15N5O3. The quantitative estimate of drug-likeness (QED) is 0.664. The van der Waals surface area contributed by atoms with Gasteiger partial charge < -0.3 is 10.2 Å². The van der Waals surface area contributed by atoms with Gasteiger partial charge in [0.05, 0.1) is 10.6 Å². The second-order valence-electron chi connectivity index (χ2n) is 5.00. The van der Waals surface area contributed by atoms with Crippen LogP contribution in [-0.4, -0.2) is 41.4 Å². The lowest BCUT2D eigenvalue weighted by Gasteiger charge is -2.23. The van der Waals surface area contributed by atoms with Crippen molar-refractivity contribution in [1.82, 2.24) is 15.6 Å². The van der Waals surface area contributed by atoms with E-state index in [2.05, 4.69) is 20.3 Å². The molecular weight excluding hydrogens is 262 g/mol. The van der Waals surface area contributed by atoms with Gasteiger partial charge in [-0.3, -0.25) is 10.1 Å². The molecule has 0 amide bonds. The van der Waals surface area contributed by atoms with Crippen molar-refractivity contribution in [3.63, 3.8) is 0 Å². The molecule has 1 unspecified atom stereocenters. The summed E-state index contributed by atoms with van der Waals surface area (Å²) in [6.45, 7) is 1.86. The van der Waals surface area contributed by atoms with Crippen molar-refractivity contribution in [3.8, 4) is 0 Å². The highest BCUT2D eigenvalue weighted by atomic mass is 16.6. The molecule has 8 nitrogen and oxygen atoms in total. The molecule has 1 atom stereocenters. The van der Waals surface area contributed by atoms with Crippen LogP contribution >= 0.6 is 0 Å². The highest BCUT2D eigenvalue weighted by Gasteiger charge is 2.23. The van der Waals surface area contributed by atoms with Gasteiger partial charge in [-0.25, -0.2) is 4.63 Å². The number of aromatic nitrogens is 2. The summed E-state index contributed by atoms with van der Waals surface area (Å²) in [5, 5.41) is 21.8. The number of hydrogen-bond donors (Lipinski definition) is 1. The van der Waals surface area contributed by atoms with Gasteiger partial charge in [0.15, 0.2) is 5.52 Å². The number of anilines is 1. The Morgan fingerprint density at radius 3 is 3.00 bits per heavy atom. The minimum atomic E-state index is -0.477. The number of fused-ring (bicyclic) bond motifs is 1. The zero-order valence-electron chi connectivity index (χ0n) is 11.1. The first kappa shape index (κ1) is 12.8. The summed E-state index contributed by atoms with van der Waals surface area (Å²) in [5.74, 6) is 0. The lowest BCUT2D eigenvalue weighted by atomic mass is 10.2. The summed E-state index contributed by atoms with van der Waals surface area (Å²) in [6, 6.07) is 3.57. The van der Waals surface area contributed by atoms with E-state index in [9.17, 15) is 10.1 Å². The molecule has 1 aliphatic rings. The van der Waals surface area contributed by atoms with E-state index in [1.165, 1.54) is 12.5 Å². The van der Waals surface area contributed by atoms with Gasteiger partial charge in [-0.15, -0.1) is 0 Å². The van der Waals surface area contributed by atoms with E-state index in [0.29, 0.717) is 11.6 Å². The van der Waals surface area contributed by atoms with Crippen LogP contribution in [0.15, 0.2) is 16.8 Å². The standard InChI is InChI=1S/C12H15N5O3/c1-16(7-8-3-2-6-13-8)9-4-5-10(17(18)19)12-11(9)14-20-15-12/h4-5,8,13H,2-3,6-7H2,1H3. The zero-order chi connectivity index (χ0) is 14.1. The van der Waals surface area contributed by atoms with Crippen LogP contribution < -0.4 is 10.2 Å². The van der Waals surface area contributed by atoms with Crippen LogP contribution in [0.4, 0.5) is 11.4 Å². The van der Waals surface area contributed by atoms with E-state index >= 15 is 0 Å². The molecule has 8 heteroatoms. The predicted octanol–water partition coefficient (Wildman–Crippen LogP) is 1.32. The summed E-state index contributed by atoms with van der Waals surface area (Å²) in [7, 11) is 1.94. The maximum absolute atomic E-state index is 10.9. The number of benzene rings is 1. The van der Waals surface area contributed by atoms with E-state index < -0.39 is 4.92 Å². The molecule has 0 aliphatic carbocycles. The molecule has 2 heterocycles. The third-order valence-electron chi connectivity index (χ3n) is 3.64. The number of nitrogens with one attached hydrogen (secondary N) is 1. The van der Waals surface area contributed by atoms with E-state index in [0.717, 1.165) is 25.2 Å².